The molecule has 3 aromatic heterocycles. The SMILES string of the molecule is O=C(Cn1nc(C(F)F)c2c1C(F)(F)CCC2(F)F)N[C@@H](Cc1cc(F)cc(F)c1)c1nc(C#Cc2cncnc2)ccc1-c1ccc2c(c1)C(=O)NC21CC1. The van der Waals surface area contributed by atoms with Gasteiger partial charge < -0.3 is 10.6 Å². The molecular formula is C39H27F8N7O2. The Morgan fingerprint density at radius 2 is 1.59 bits per heavy atom. The number of halogens is 8. The Bertz CT molecular complexity index is 2450. The molecule has 9 nitrogen and oxygen atoms in total. The second kappa shape index (κ2) is 13.5. The Hall–Kier alpha value is -6.18. The Kier molecular flexibility index (Phi) is 8.89. The summed E-state index contributed by atoms with van der Waals surface area (Å²) in [5.41, 5.74) is -2.53. The molecule has 4 heterocycles. The summed E-state index contributed by atoms with van der Waals surface area (Å²) >= 11 is 0. The third-order valence-corrected chi connectivity index (χ3v) is 9.99. The fourth-order valence-electron chi connectivity index (χ4n) is 7.34. The molecule has 1 atom stereocenters. The van der Waals surface area contributed by atoms with E-state index in [1.54, 1.807) is 30.3 Å². The lowest BCUT2D eigenvalue weighted by Crippen LogP contribution is -2.37. The van der Waals surface area contributed by atoms with E-state index in [0.29, 0.717) is 28.3 Å². The van der Waals surface area contributed by atoms with Gasteiger partial charge in [-0.05, 0) is 72.2 Å². The van der Waals surface area contributed by atoms with Gasteiger partial charge in [0.2, 0.25) is 5.91 Å². The van der Waals surface area contributed by atoms with Crippen LogP contribution < -0.4 is 10.6 Å². The van der Waals surface area contributed by atoms with Gasteiger partial charge in [-0.2, -0.15) is 13.9 Å². The van der Waals surface area contributed by atoms with Crippen LogP contribution in [0.2, 0.25) is 0 Å². The highest BCUT2D eigenvalue weighted by Crippen LogP contribution is 2.53. The second-order valence-electron chi connectivity index (χ2n) is 13.9. The van der Waals surface area contributed by atoms with Gasteiger partial charge in [-0.15, -0.1) is 0 Å². The summed E-state index contributed by atoms with van der Waals surface area (Å²) < 4.78 is 117. The average molecular weight is 778 g/mol. The predicted octanol–water partition coefficient (Wildman–Crippen LogP) is 7.16. The van der Waals surface area contributed by atoms with Crippen LogP contribution in [0.5, 0.6) is 0 Å². The van der Waals surface area contributed by atoms with Gasteiger partial charge in [0.15, 0.2) is 0 Å². The number of carbonyl (C=O) groups excluding carboxylic acids is 2. The van der Waals surface area contributed by atoms with E-state index in [4.69, 9.17) is 4.98 Å². The number of rotatable bonds is 8. The molecule has 8 rings (SSSR count). The Morgan fingerprint density at radius 3 is 2.29 bits per heavy atom. The zero-order valence-electron chi connectivity index (χ0n) is 28.8. The maximum atomic E-state index is 15.2. The second-order valence-corrected chi connectivity index (χ2v) is 13.9. The summed E-state index contributed by atoms with van der Waals surface area (Å²) in [6, 6.07) is 9.58. The van der Waals surface area contributed by atoms with Crippen molar-refractivity contribution >= 4 is 11.8 Å². The maximum absolute atomic E-state index is 15.2. The fourth-order valence-corrected chi connectivity index (χ4v) is 7.34. The van der Waals surface area contributed by atoms with Crippen LogP contribution in [0.1, 0.15) is 93.5 Å². The number of benzene rings is 2. The first-order chi connectivity index (χ1) is 26.6. The van der Waals surface area contributed by atoms with E-state index in [1.165, 1.54) is 18.7 Å². The van der Waals surface area contributed by atoms with Gasteiger partial charge in [0.1, 0.15) is 41.6 Å². The van der Waals surface area contributed by atoms with E-state index in [-0.39, 0.29) is 34.0 Å². The number of carbonyl (C=O) groups is 2. The monoisotopic (exact) mass is 777 g/mol. The van der Waals surface area contributed by atoms with Crippen molar-refractivity contribution in [3.05, 3.63) is 129 Å². The molecule has 2 aliphatic carbocycles. The van der Waals surface area contributed by atoms with Gasteiger partial charge in [-0.1, -0.05) is 18.1 Å². The lowest BCUT2D eigenvalue weighted by Gasteiger charge is -2.29. The molecule has 56 heavy (non-hydrogen) atoms. The van der Waals surface area contributed by atoms with E-state index in [1.807, 2.05) is 0 Å². The highest BCUT2D eigenvalue weighted by Gasteiger charge is 2.55. The van der Waals surface area contributed by atoms with Crippen molar-refractivity contribution < 1.29 is 44.7 Å². The molecule has 5 aromatic rings. The molecule has 1 fully saturated rings. The Morgan fingerprint density at radius 1 is 0.875 bits per heavy atom. The minimum absolute atomic E-state index is 0.0186. The third-order valence-electron chi connectivity index (χ3n) is 9.99. The minimum atomic E-state index is -4.07. The lowest BCUT2D eigenvalue weighted by atomic mass is 9.89. The van der Waals surface area contributed by atoms with Crippen molar-refractivity contribution in [1.29, 1.82) is 0 Å². The van der Waals surface area contributed by atoms with Gasteiger partial charge in [-0.25, -0.2) is 41.3 Å². The smallest absolute Gasteiger partial charge is 0.290 e. The summed E-state index contributed by atoms with van der Waals surface area (Å²) in [5.74, 6) is -5.73. The minimum Gasteiger partial charge on any atom is -0.346 e. The summed E-state index contributed by atoms with van der Waals surface area (Å²) in [6.07, 6.45) is -1.09. The first kappa shape index (κ1) is 36.8. The molecule has 2 N–H and O–H groups in total. The molecule has 0 radical (unpaired) electrons. The standard InChI is InChI=1S/C39H27F8N7O2/c40-23-11-21(12-24(41)15-23)13-29(51-30(55)18-54-34-31(33(53-54)35(42)43)38(44,45)9-10-39(34,46)47)32-26(5-4-25(50-32)3-1-20-16-48-19-49-17-20)22-2-6-28-27(14-22)36(56)52-37(28)7-8-37/h2,4-6,11-12,14-17,19,29,35H,7-10,13,18H2,(H,51,55)(H,52,56)/t29-/m0/s1. The molecule has 17 heteroatoms. The first-order valence-electron chi connectivity index (χ1n) is 17.3. The number of fused-ring (bicyclic) bond motifs is 3. The summed E-state index contributed by atoms with van der Waals surface area (Å²) in [4.78, 5) is 39.4. The van der Waals surface area contributed by atoms with Crippen LogP contribution in [0.3, 0.4) is 0 Å². The number of hydrogen-bond acceptors (Lipinski definition) is 6. The van der Waals surface area contributed by atoms with Crippen molar-refractivity contribution in [2.45, 2.75) is 68.5 Å². The van der Waals surface area contributed by atoms with Crippen LogP contribution >= 0.6 is 0 Å². The van der Waals surface area contributed by atoms with E-state index >= 15 is 8.78 Å². The molecule has 1 spiro atoms. The van der Waals surface area contributed by atoms with Gasteiger partial charge in [0.05, 0.1) is 28.4 Å². The van der Waals surface area contributed by atoms with E-state index < -0.39 is 83.7 Å². The number of pyridine rings is 1. The van der Waals surface area contributed by atoms with Crippen LogP contribution in [0, 0.1) is 23.5 Å². The Labute approximate surface area is 312 Å². The number of nitrogens with zero attached hydrogens (tertiary/aromatic N) is 5. The van der Waals surface area contributed by atoms with Gasteiger partial charge in [0, 0.05) is 42.4 Å². The van der Waals surface area contributed by atoms with E-state index in [0.717, 1.165) is 30.5 Å². The van der Waals surface area contributed by atoms with Crippen LogP contribution in [0.4, 0.5) is 35.1 Å². The van der Waals surface area contributed by atoms with E-state index in [9.17, 15) is 35.9 Å². The molecule has 1 saturated carbocycles. The van der Waals surface area contributed by atoms with Crippen molar-refractivity contribution in [1.82, 2.24) is 35.4 Å². The number of nitrogens with one attached hydrogen (secondary N) is 2. The number of amides is 2. The molecule has 1 aliphatic heterocycles. The molecule has 0 unspecified atom stereocenters. The van der Waals surface area contributed by atoms with Crippen LogP contribution in [-0.2, 0) is 35.1 Å². The molecule has 2 amide bonds. The van der Waals surface area contributed by atoms with Gasteiger partial charge in [0.25, 0.3) is 24.2 Å². The number of alkyl halides is 6. The van der Waals surface area contributed by atoms with Crippen molar-refractivity contribution in [2.75, 3.05) is 0 Å². The lowest BCUT2D eigenvalue weighted by molar-refractivity contribution is -0.123. The van der Waals surface area contributed by atoms with Crippen molar-refractivity contribution in [2.24, 2.45) is 0 Å². The molecule has 0 saturated heterocycles. The maximum Gasteiger partial charge on any atom is 0.290 e. The fraction of sp³-hybridized carbons (Fsp3) is 0.282. The topological polar surface area (TPSA) is 115 Å². The molecule has 2 aromatic carbocycles. The third kappa shape index (κ3) is 6.84. The zero-order valence-corrected chi connectivity index (χ0v) is 28.8. The number of aromatic nitrogens is 5. The predicted molar refractivity (Wildman–Crippen MR) is 181 cm³/mol. The summed E-state index contributed by atoms with van der Waals surface area (Å²) in [6.45, 7) is -1.21. The first-order valence-corrected chi connectivity index (χ1v) is 17.3. The molecular weight excluding hydrogens is 750 g/mol. The van der Waals surface area contributed by atoms with Gasteiger partial charge in [-0.3, -0.25) is 14.3 Å². The molecule has 286 valence electrons. The van der Waals surface area contributed by atoms with Crippen LogP contribution in [-0.4, -0.2) is 36.5 Å². The van der Waals surface area contributed by atoms with E-state index in [2.05, 4.69) is 37.5 Å². The quantitative estimate of drug-likeness (QED) is 0.128. The normalized spacial score (nSPS) is 17.4. The highest BCUT2D eigenvalue weighted by atomic mass is 19.3. The van der Waals surface area contributed by atoms with Crippen molar-refractivity contribution in [3.63, 3.8) is 0 Å². The zero-order chi connectivity index (χ0) is 39.6. The van der Waals surface area contributed by atoms with Crippen LogP contribution in [0.25, 0.3) is 11.1 Å². The van der Waals surface area contributed by atoms with Crippen molar-refractivity contribution in [3.8, 4) is 23.0 Å². The summed E-state index contributed by atoms with van der Waals surface area (Å²) in [5, 5.41) is 8.94. The Balaban J connectivity index is 1.23. The molecule has 0 bridgehead atoms. The van der Waals surface area contributed by atoms with Gasteiger partial charge >= 0.3 is 0 Å². The number of hydrogen-bond donors (Lipinski definition) is 2. The highest BCUT2D eigenvalue weighted by molar-refractivity contribution is 6.01. The molecule has 3 aliphatic rings. The average Bonchev–Trinajstić information content (AvgIpc) is 3.72. The largest absolute Gasteiger partial charge is 0.346 e. The summed E-state index contributed by atoms with van der Waals surface area (Å²) in [7, 11) is 0. The van der Waals surface area contributed by atoms with Crippen LogP contribution in [0.15, 0.2) is 67.3 Å².